The van der Waals surface area contributed by atoms with Crippen molar-refractivity contribution in [1.82, 2.24) is 5.43 Å². The molecule has 0 saturated carbocycles. The maximum absolute atomic E-state index is 12.3. The lowest BCUT2D eigenvalue weighted by atomic mass is 10.1. The molecule has 0 spiro atoms. The van der Waals surface area contributed by atoms with E-state index < -0.39 is 27.4 Å². The Labute approximate surface area is 191 Å². The van der Waals surface area contributed by atoms with E-state index in [-0.39, 0.29) is 5.69 Å². The minimum atomic E-state index is -3.72. The molecule has 2 aromatic carbocycles. The Kier molecular flexibility index (Phi) is 7.05. The number of nitro benzene ring substituents is 1. The molecule has 1 N–H and O–H groups in total. The highest BCUT2D eigenvalue weighted by molar-refractivity contribution is 9.10. The summed E-state index contributed by atoms with van der Waals surface area (Å²) in [6.07, 6.45) is 2.27. The molecule has 166 valence electrons. The van der Waals surface area contributed by atoms with E-state index >= 15 is 0 Å². The van der Waals surface area contributed by atoms with Crippen molar-refractivity contribution >= 4 is 49.4 Å². The first kappa shape index (κ1) is 23.2. The van der Waals surface area contributed by atoms with Gasteiger partial charge < -0.3 is 4.42 Å². The highest BCUT2D eigenvalue weighted by Gasteiger charge is 2.22. The van der Waals surface area contributed by atoms with Crippen molar-refractivity contribution in [2.24, 2.45) is 5.10 Å². The molecule has 32 heavy (non-hydrogen) atoms. The number of rotatable bonds is 8. The first-order valence-electron chi connectivity index (χ1n) is 9.04. The van der Waals surface area contributed by atoms with Gasteiger partial charge in [0, 0.05) is 22.2 Å². The van der Waals surface area contributed by atoms with Crippen LogP contribution in [0.1, 0.15) is 5.76 Å². The topological polar surface area (TPSA) is 135 Å². The van der Waals surface area contributed by atoms with Crippen LogP contribution in [-0.2, 0) is 14.8 Å². The van der Waals surface area contributed by atoms with E-state index in [2.05, 4.69) is 26.5 Å². The van der Waals surface area contributed by atoms with Gasteiger partial charge in [-0.1, -0.05) is 12.1 Å². The molecule has 10 nitrogen and oxygen atoms in total. The number of nitro groups is 1. The SMILES string of the molecule is CS(=O)(=O)N(CC(=O)N/N=C\c1ccc(-c2ccc([N+](=O)[O-])cc2)o1)c1ccccc1Br. The van der Waals surface area contributed by atoms with Crippen molar-refractivity contribution in [3.8, 4) is 11.3 Å². The summed E-state index contributed by atoms with van der Waals surface area (Å²) < 4.78 is 31.4. The second kappa shape index (κ2) is 9.75. The molecule has 1 aromatic heterocycles. The highest BCUT2D eigenvalue weighted by atomic mass is 79.9. The Balaban J connectivity index is 1.65. The van der Waals surface area contributed by atoms with Gasteiger partial charge in [0.05, 0.1) is 23.1 Å². The monoisotopic (exact) mass is 520 g/mol. The predicted molar refractivity (Wildman–Crippen MR) is 123 cm³/mol. The third-order valence-corrected chi connectivity index (χ3v) is 5.98. The number of hydrogen-bond acceptors (Lipinski definition) is 7. The standard InChI is InChI=1S/C20H17BrN4O6S/c1-32(29,30)24(18-5-3-2-4-17(18)21)13-20(26)23-22-12-16-10-11-19(31-16)14-6-8-15(9-7-14)25(27)28/h2-12H,13H2,1H3,(H,23,26)/b22-12-. The molecule has 0 saturated heterocycles. The van der Waals surface area contributed by atoms with Crippen molar-refractivity contribution in [1.29, 1.82) is 0 Å². The number of anilines is 1. The number of amides is 1. The van der Waals surface area contributed by atoms with Crippen LogP contribution < -0.4 is 9.73 Å². The van der Waals surface area contributed by atoms with E-state index in [0.717, 1.165) is 10.6 Å². The third-order valence-electron chi connectivity index (χ3n) is 4.18. The zero-order valence-electron chi connectivity index (χ0n) is 16.6. The maximum Gasteiger partial charge on any atom is 0.269 e. The minimum Gasteiger partial charge on any atom is -0.455 e. The van der Waals surface area contributed by atoms with Crippen molar-refractivity contribution in [3.05, 3.63) is 81.0 Å². The summed E-state index contributed by atoms with van der Waals surface area (Å²) in [5.74, 6) is 0.138. The molecular formula is C20H17BrN4O6S. The molecule has 1 amide bonds. The number of benzene rings is 2. The number of carbonyl (C=O) groups excluding carboxylic acids is 1. The number of hydrogen-bond donors (Lipinski definition) is 1. The van der Waals surface area contributed by atoms with E-state index in [0.29, 0.717) is 27.2 Å². The molecule has 12 heteroatoms. The summed E-state index contributed by atoms with van der Waals surface area (Å²) in [4.78, 5) is 22.5. The lowest BCUT2D eigenvalue weighted by molar-refractivity contribution is -0.384. The molecule has 0 atom stereocenters. The first-order valence-corrected chi connectivity index (χ1v) is 11.7. The largest absolute Gasteiger partial charge is 0.455 e. The summed E-state index contributed by atoms with van der Waals surface area (Å²) in [6, 6.07) is 15.7. The fraction of sp³-hybridized carbons (Fsp3) is 0.100. The van der Waals surface area contributed by atoms with Gasteiger partial charge in [0.1, 0.15) is 18.1 Å². The molecule has 1 heterocycles. The second-order valence-electron chi connectivity index (χ2n) is 6.52. The zero-order chi connectivity index (χ0) is 23.3. The lowest BCUT2D eigenvalue weighted by Crippen LogP contribution is -2.39. The molecule has 0 radical (unpaired) electrons. The summed E-state index contributed by atoms with van der Waals surface area (Å²) in [5, 5.41) is 14.5. The van der Waals surface area contributed by atoms with Crippen molar-refractivity contribution in [2.45, 2.75) is 0 Å². The molecule has 0 aliphatic rings. The van der Waals surface area contributed by atoms with Crippen molar-refractivity contribution in [2.75, 3.05) is 17.1 Å². The Morgan fingerprint density at radius 3 is 2.50 bits per heavy atom. The minimum absolute atomic E-state index is 0.0320. The first-order chi connectivity index (χ1) is 15.1. The van der Waals surface area contributed by atoms with Crippen LogP contribution >= 0.6 is 15.9 Å². The van der Waals surface area contributed by atoms with Gasteiger partial charge in [-0.15, -0.1) is 0 Å². The number of hydrazone groups is 1. The van der Waals surface area contributed by atoms with Crippen LogP contribution in [0, 0.1) is 10.1 Å². The molecule has 3 rings (SSSR count). The summed E-state index contributed by atoms with van der Waals surface area (Å²) in [5.41, 5.74) is 3.20. The zero-order valence-corrected chi connectivity index (χ0v) is 19.0. The number of para-hydroxylation sites is 1. The smallest absolute Gasteiger partial charge is 0.269 e. The van der Waals surface area contributed by atoms with Gasteiger partial charge in [0.25, 0.3) is 11.6 Å². The second-order valence-corrected chi connectivity index (χ2v) is 9.28. The Hall–Kier alpha value is -3.51. The highest BCUT2D eigenvalue weighted by Crippen LogP contribution is 2.27. The predicted octanol–water partition coefficient (Wildman–Crippen LogP) is 3.53. The van der Waals surface area contributed by atoms with Gasteiger partial charge in [0.15, 0.2) is 0 Å². The number of nitrogens with zero attached hydrogens (tertiary/aromatic N) is 3. The average Bonchev–Trinajstić information content (AvgIpc) is 3.21. The van der Waals surface area contributed by atoms with E-state index in [1.54, 1.807) is 48.5 Å². The molecule has 3 aromatic rings. The van der Waals surface area contributed by atoms with Crippen LogP contribution in [0.25, 0.3) is 11.3 Å². The van der Waals surface area contributed by atoms with Crippen molar-refractivity contribution < 1.29 is 22.6 Å². The molecule has 0 aliphatic carbocycles. The number of sulfonamides is 1. The summed E-state index contributed by atoms with van der Waals surface area (Å²) in [6.45, 7) is -0.467. The quantitative estimate of drug-likeness (QED) is 0.274. The Bertz CT molecular complexity index is 1270. The van der Waals surface area contributed by atoms with Gasteiger partial charge >= 0.3 is 0 Å². The van der Waals surface area contributed by atoms with Gasteiger partial charge in [-0.2, -0.15) is 5.10 Å². The molecule has 0 aliphatic heterocycles. The van der Waals surface area contributed by atoms with E-state index in [4.69, 9.17) is 4.42 Å². The molecule has 0 unspecified atom stereocenters. The van der Waals surface area contributed by atoms with Crippen LogP contribution in [0.4, 0.5) is 11.4 Å². The molecule has 0 fully saturated rings. The summed E-state index contributed by atoms with van der Waals surface area (Å²) >= 11 is 3.28. The number of non-ortho nitro benzene ring substituents is 1. The van der Waals surface area contributed by atoms with Crippen LogP contribution in [0.15, 0.2) is 74.7 Å². The van der Waals surface area contributed by atoms with Gasteiger partial charge in [0.2, 0.25) is 10.0 Å². The fourth-order valence-corrected chi connectivity index (χ4v) is 4.18. The van der Waals surface area contributed by atoms with Crippen LogP contribution in [0.5, 0.6) is 0 Å². The number of halogens is 1. The number of furan rings is 1. The van der Waals surface area contributed by atoms with Gasteiger partial charge in [-0.05, 0) is 52.3 Å². The average molecular weight is 521 g/mol. The number of carbonyl (C=O) groups is 1. The lowest BCUT2D eigenvalue weighted by Gasteiger charge is -2.22. The summed E-state index contributed by atoms with van der Waals surface area (Å²) in [7, 11) is -3.72. The van der Waals surface area contributed by atoms with Crippen molar-refractivity contribution in [3.63, 3.8) is 0 Å². The molecular weight excluding hydrogens is 504 g/mol. The van der Waals surface area contributed by atoms with Gasteiger partial charge in [-0.3, -0.25) is 19.2 Å². The molecule has 0 bridgehead atoms. The van der Waals surface area contributed by atoms with Crippen LogP contribution in [0.3, 0.4) is 0 Å². The Morgan fingerprint density at radius 1 is 1.19 bits per heavy atom. The maximum atomic E-state index is 12.3. The van der Waals surface area contributed by atoms with E-state index in [9.17, 15) is 23.3 Å². The third kappa shape index (κ3) is 5.80. The van der Waals surface area contributed by atoms with Crippen LogP contribution in [0.2, 0.25) is 0 Å². The van der Waals surface area contributed by atoms with E-state index in [1.807, 2.05) is 0 Å². The van der Waals surface area contributed by atoms with Gasteiger partial charge in [-0.25, -0.2) is 13.8 Å². The normalized spacial score (nSPS) is 11.4. The van der Waals surface area contributed by atoms with Crippen LogP contribution in [-0.4, -0.2) is 38.3 Å². The Morgan fingerprint density at radius 2 is 1.88 bits per heavy atom. The fourth-order valence-electron chi connectivity index (χ4n) is 2.69. The van der Waals surface area contributed by atoms with E-state index in [1.165, 1.54) is 18.3 Å². The number of nitrogens with one attached hydrogen (secondary N) is 1.